The van der Waals surface area contributed by atoms with Gasteiger partial charge in [-0.3, -0.25) is 4.79 Å². The fourth-order valence-electron chi connectivity index (χ4n) is 4.18. The van der Waals surface area contributed by atoms with E-state index in [9.17, 15) is 18.5 Å². The quantitative estimate of drug-likeness (QED) is 0.768. The highest BCUT2D eigenvalue weighted by atomic mass is 32.2. The monoisotopic (exact) mass is 443 g/mol. The first kappa shape index (κ1) is 21.0. The van der Waals surface area contributed by atoms with Crippen LogP contribution in [0.3, 0.4) is 0 Å². The van der Waals surface area contributed by atoms with Crippen molar-refractivity contribution < 1.29 is 13.2 Å². The third kappa shape index (κ3) is 4.02. The summed E-state index contributed by atoms with van der Waals surface area (Å²) in [5.41, 5.74) is 1.88. The van der Waals surface area contributed by atoms with Crippen LogP contribution in [0.4, 0.5) is 5.00 Å². The molecule has 30 heavy (non-hydrogen) atoms. The molecule has 2 aromatic rings. The Labute approximate surface area is 181 Å². The van der Waals surface area contributed by atoms with Crippen molar-refractivity contribution in [3.05, 3.63) is 45.8 Å². The van der Waals surface area contributed by atoms with Crippen LogP contribution in [-0.2, 0) is 22.9 Å². The second-order valence-corrected chi connectivity index (χ2v) is 11.2. The number of sulfonamides is 1. The SMILES string of the molecule is C[C@@H]1CCc2c(sc(NC(=O)c3cccc(S(=O)(=O)N4CCCCC4)c3)c2C#N)C1. The molecule has 0 radical (unpaired) electrons. The van der Waals surface area contributed by atoms with Crippen molar-refractivity contribution in [1.82, 2.24) is 4.31 Å². The minimum atomic E-state index is -3.61. The van der Waals surface area contributed by atoms with E-state index in [1.54, 1.807) is 12.1 Å². The Morgan fingerprint density at radius 1 is 1.27 bits per heavy atom. The number of fused-ring (bicyclic) bond motifs is 1. The molecule has 0 saturated carbocycles. The van der Waals surface area contributed by atoms with Crippen LogP contribution in [-0.4, -0.2) is 31.7 Å². The van der Waals surface area contributed by atoms with Gasteiger partial charge in [-0.05, 0) is 61.8 Å². The van der Waals surface area contributed by atoms with E-state index in [1.165, 1.54) is 32.7 Å². The standard InChI is InChI=1S/C22H25N3O3S2/c1-15-8-9-18-19(14-23)22(29-20(18)12-15)24-21(26)16-6-5-7-17(13-16)30(27,28)25-10-3-2-4-11-25/h5-7,13,15H,2-4,8-12H2,1H3,(H,24,26)/t15-/m1/s1. The predicted molar refractivity (Wildman–Crippen MR) is 117 cm³/mol. The van der Waals surface area contributed by atoms with Gasteiger partial charge in [0, 0.05) is 23.5 Å². The highest BCUT2D eigenvalue weighted by molar-refractivity contribution is 7.89. The number of hydrogen-bond donors (Lipinski definition) is 1. The van der Waals surface area contributed by atoms with Gasteiger partial charge in [0.15, 0.2) is 0 Å². The van der Waals surface area contributed by atoms with Crippen LogP contribution in [0.15, 0.2) is 29.2 Å². The number of piperidine rings is 1. The number of amides is 1. The van der Waals surface area contributed by atoms with Crippen LogP contribution in [0.25, 0.3) is 0 Å². The Hall–Kier alpha value is -2.21. The molecule has 2 aliphatic rings. The van der Waals surface area contributed by atoms with E-state index in [-0.39, 0.29) is 10.5 Å². The van der Waals surface area contributed by atoms with Gasteiger partial charge in [-0.1, -0.05) is 19.4 Å². The Balaban J connectivity index is 1.58. The molecule has 158 valence electrons. The topological polar surface area (TPSA) is 90.3 Å². The van der Waals surface area contributed by atoms with Gasteiger partial charge in [-0.15, -0.1) is 11.3 Å². The van der Waals surface area contributed by atoms with E-state index in [0.29, 0.717) is 29.6 Å². The Morgan fingerprint density at radius 3 is 2.77 bits per heavy atom. The summed E-state index contributed by atoms with van der Waals surface area (Å²) in [6.07, 6.45) is 5.58. The first-order valence-corrected chi connectivity index (χ1v) is 12.6. The van der Waals surface area contributed by atoms with Crippen molar-refractivity contribution >= 4 is 32.3 Å². The highest BCUT2D eigenvalue weighted by Crippen LogP contribution is 2.39. The molecular formula is C22H25N3O3S2. The fraction of sp³-hybridized carbons (Fsp3) is 0.455. The molecule has 4 rings (SSSR count). The third-order valence-electron chi connectivity index (χ3n) is 5.90. The molecule has 1 amide bonds. The smallest absolute Gasteiger partial charge is 0.256 e. The van der Waals surface area contributed by atoms with Gasteiger partial charge in [-0.25, -0.2) is 8.42 Å². The lowest BCUT2D eigenvalue weighted by Gasteiger charge is -2.26. The molecule has 0 spiro atoms. The second kappa shape index (κ2) is 8.50. The molecule has 1 aliphatic heterocycles. The van der Waals surface area contributed by atoms with E-state index in [0.717, 1.165) is 44.1 Å². The van der Waals surface area contributed by atoms with E-state index >= 15 is 0 Å². The van der Waals surface area contributed by atoms with Crippen LogP contribution >= 0.6 is 11.3 Å². The van der Waals surface area contributed by atoms with Crippen LogP contribution in [0.2, 0.25) is 0 Å². The first-order chi connectivity index (χ1) is 14.4. The normalized spacial score (nSPS) is 19.7. The zero-order valence-electron chi connectivity index (χ0n) is 17.0. The highest BCUT2D eigenvalue weighted by Gasteiger charge is 2.28. The lowest BCUT2D eigenvalue weighted by Crippen LogP contribution is -2.35. The minimum absolute atomic E-state index is 0.136. The number of thiophene rings is 1. The van der Waals surface area contributed by atoms with Crippen LogP contribution in [0.1, 0.15) is 59.0 Å². The van der Waals surface area contributed by atoms with Crippen LogP contribution in [0.5, 0.6) is 0 Å². The minimum Gasteiger partial charge on any atom is -0.312 e. The summed E-state index contributed by atoms with van der Waals surface area (Å²) in [5.74, 6) is 0.178. The summed E-state index contributed by atoms with van der Waals surface area (Å²) in [6, 6.07) is 8.41. The lowest BCUT2D eigenvalue weighted by molar-refractivity contribution is 0.102. The molecule has 8 heteroatoms. The average Bonchev–Trinajstić information content (AvgIpc) is 3.10. The maximum absolute atomic E-state index is 12.9. The van der Waals surface area contributed by atoms with Crippen LogP contribution < -0.4 is 5.32 Å². The molecular weight excluding hydrogens is 418 g/mol. The van der Waals surface area contributed by atoms with Crippen molar-refractivity contribution in [1.29, 1.82) is 5.26 Å². The molecule has 2 heterocycles. The number of nitrogens with one attached hydrogen (secondary N) is 1. The van der Waals surface area contributed by atoms with Gasteiger partial charge in [-0.2, -0.15) is 9.57 Å². The van der Waals surface area contributed by atoms with Gasteiger partial charge < -0.3 is 5.32 Å². The number of benzene rings is 1. The molecule has 0 bridgehead atoms. The molecule has 1 N–H and O–H groups in total. The van der Waals surface area contributed by atoms with E-state index in [1.807, 2.05) is 0 Å². The Kier molecular flexibility index (Phi) is 5.96. The van der Waals surface area contributed by atoms with Crippen molar-refractivity contribution in [3.8, 4) is 6.07 Å². The van der Waals surface area contributed by atoms with Gasteiger partial charge in [0.25, 0.3) is 5.91 Å². The average molecular weight is 444 g/mol. The maximum atomic E-state index is 12.9. The van der Waals surface area contributed by atoms with Crippen molar-refractivity contribution in [2.45, 2.75) is 50.3 Å². The molecule has 1 aliphatic carbocycles. The number of anilines is 1. The van der Waals surface area contributed by atoms with Gasteiger partial charge in [0.1, 0.15) is 11.1 Å². The zero-order chi connectivity index (χ0) is 21.3. The Bertz CT molecular complexity index is 1110. The molecule has 1 saturated heterocycles. The molecule has 1 aromatic heterocycles. The first-order valence-electron chi connectivity index (χ1n) is 10.4. The number of nitriles is 1. The molecule has 0 unspecified atom stereocenters. The summed E-state index contributed by atoms with van der Waals surface area (Å²) in [6.45, 7) is 3.23. The van der Waals surface area contributed by atoms with Crippen LogP contribution in [0, 0.1) is 17.2 Å². The van der Waals surface area contributed by atoms with Gasteiger partial charge in [0.2, 0.25) is 10.0 Å². The number of nitrogens with zero attached hydrogens (tertiary/aromatic N) is 2. The summed E-state index contributed by atoms with van der Waals surface area (Å²) < 4.78 is 27.4. The maximum Gasteiger partial charge on any atom is 0.256 e. The van der Waals surface area contributed by atoms with E-state index in [4.69, 9.17) is 0 Å². The van der Waals surface area contributed by atoms with Gasteiger partial charge in [0.05, 0.1) is 10.5 Å². The van der Waals surface area contributed by atoms with Crippen molar-refractivity contribution in [3.63, 3.8) is 0 Å². The third-order valence-corrected chi connectivity index (χ3v) is 8.96. The summed E-state index contributed by atoms with van der Waals surface area (Å²) in [7, 11) is -3.61. The number of hydrogen-bond acceptors (Lipinski definition) is 5. The summed E-state index contributed by atoms with van der Waals surface area (Å²) in [5, 5.41) is 13.0. The van der Waals surface area contributed by atoms with Gasteiger partial charge >= 0.3 is 0 Å². The zero-order valence-corrected chi connectivity index (χ0v) is 18.6. The lowest BCUT2D eigenvalue weighted by atomic mass is 9.88. The number of rotatable bonds is 4. The number of carbonyl (C=O) groups excluding carboxylic acids is 1. The molecule has 1 atom stereocenters. The second-order valence-electron chi connectivity index (χ2n) is 8.11. The fourth-order valence-corrected chi connectivity index (χ4v) is 7.10. The Morgan fingerprint density at radius 2 is 2.03 bits per heavy atom. The number of carbonyl (C=O) groups is 1. The summed E-state index contributed by atoms with van der Waals surface area (Å²) in [4.78, 5) is 14.2. The molecule has 1 fully saturated rings. The van der Waals surface area contributed by atoms with E-state index < -0.39 is 15.9 Å². The van der Waals surface area contributed by atoms with Crippen molar-refractivity contribution in [2.75, 3.05) is 18.4 Å². The molecule has 1 aromatic carbocycles. The van der Waals surface area contributed by atoms with Crippen molar-refractivity contribution in [2.24, 2.45) is 5.92 Å². The predicted octanol–water partition coefficient (Wildman–Crippen LogP) is 4.17. The molecule has 6 nitrogen and oxygen atoms in total. The summed E-state index contributed by atoms with van der Waals surface area (Å²) >= 11 is 1.46. The van der Waals surface area contributed by atoms with E-state index in [2.05, 4.69) is 18.3 Å². The largest absolute Gasteiger partial charge is 0.312 e.